The van der Waals surface area contributed by atoms with E-state index in [0.717, 1.165) is 51.2 Å². The average Bonchev–Trinajstić information content (AvgIpc) is 3.84. The predicted octanol–water partition coefficient (Wildman–Crippen LogP) is 16.4. The van der Waals surface area contributed by atoms with E-state index in [1.165, 1.54) is 44.5 Å². The van der Waals surface area contributed by atoms with Crippen LogP contribution in [0.2, 0.25) is 0 Å². The van der Waals surface area contributed by atoms with Gasteiger partial charge in [0.15, 0.2) is 0 Å². The normalized spacial score (nSPS) is 12.5. The number of rotatable bonds is 9. The molecule has 0 amide bonds. The maximum absolute atomic E-state index is 2.51. The summed E-state index contributed by atoms with van der Waals surface area (Å²) >= 11 is 0. The number of fused-ring (bicyclic) bond motifs is 10. The van der Waals surface area contributed by atoms with Crippen LogP contribution in [0.4, 0.5) is 51.2 Å². The Kier molecular flexibility index (Phi) is 9.05. The molecule has 2 aliphatic rings. The van der Waals surface area contributed by atoms with Crippen LogP contribution < -0.4 is 14.7 Å². The van der Waals surface area contributed by atoms with E-state index in [0.29, 0.717) is 0 Å². The third kappa shape index (κ3) is 5.90. The Labute approximate surface area is 375 Å². The number of para-hydroxylation sites is 4. The molecule has 0 radical (unpaired) electrons. The lowest BCUT2D eigenvalue weighted by Gasteiger charge is -2.36. The third-order valence-electron chi connectivity index (χ3n) is 13.0. The molecule has 10 aromatic carbocycles. The summed E-state index contributed by atoms with van der Waals surface area (Å²) < 4.78 is 0. The van der Waals surface area contributed by atoms with Gasteiger partial charge in [-0.25, -0.2) is 0 Å². The summed E-state index contributed by atoms with van der Waals surface area (Å²) in [6.45, 7) is 0. The van der Waals surface area contributed by atoms with Gasteiger partial charge in [-0.1, -0.05) is 170 Å². The van der Waals surface area contributed by atoms with Gasteiger partial charge < -0.3 is 14.7 Å². The Morgan fingerprint density at radius 2 is 0.500 bits per heavy atom. The SMILES string of the molecule is c1ccc(N(c2ccccc2)c2cccc(N(c3cccc(N(c4ccccc4)c4ccccc4)c3)c3cccc4c3C3(c5ccccc5-c5ccccc53)c3ccccc3-4)c2)cc1. The van der Waals surface area contributed by atoms with Crippen molar-refractivity contribution < 1.29 is 0 Å². The Morgan fingerprint density at radius 3 is 0.891 bits per heavy atom. The zero-order valence-corrected chi connectivity index (χ0v) is 35.2. The smallest absolute Gasteiger partial charge is 0.0746 e. The predicted molar refractivity (Wildman–Crippen MR) is 267 cm³/mol. The zero-order valence-electron chi connectivity index (χ0n) is 35.2. The number of hydrogen-bond acceptors (Lipinski definition) is 3. The number of nitrogens with zero attached hydrogens (tertiary/aromatic N) is 3. The van der Waals surface area contributed by atoms with Crippen molar-refractivity contribution in [2.75, 3.05) is 14.7 Å². The standard InChI is InChI=1S/C61H43N3/c1-5-22-44(23-6-1)62(45-24-7-2-8-25-45)48-30-19-32-50(42-48)64(51-33-20-31-49(43-51)63(46-26-9-3-10-27-46)47-28-11-4-12-29-47)59-41-21-37-55-54-36-15-18-40-58(54)61(60(55)59)56-38-16-13-34-52(56)53-35-14-17-39-57(53)61/h1-43H. The molecule has 0 heterocycles. The quantitative estimate of drug-likeness (QED) is 0.144. The number of benzene rings is 10. The Balaban J connectivity index is 1.14. The van der Waals surface area contributed by atoms with E-state index in [-0.39, 0.29) is 0 Å². The van der Waals surface area contributed by atoms with Crippen molar-refractivity contribution in [3.05, 3.63) is 283 Å². The molecular weight excluding hydrogens is 775 g/mol. The molecule has 0 bridgehead atoms. The van der Waals surface area contributed by atoms with Crippen LogP contribution in [0.15, 0.2) is 261 Å². The largest absolute Gasteiger partial charge is 0.310 e. The van der Waals surface area contributed by atoms with E-state index in [2.05, 4.69) is 276 Å². The van der Waals surface area contributed by atoms with Crippen molar-refractivity contribution in [3.8, 4) is 22.3 Å². The summed E-state index contributed by atoms with van der Waals surface area (Å²) in [6, 6.07) is 94.9. The highest BCUT2D eigenvalue weighted by Gasteiger charge is 2.53. The van der Waals surface area contributed by atoms with E-state index < -0.39 is 5.41 Å². The van der Waals surface area contributed by atoms with Crippen molar-refractivity contribution in [3.63, 3.8) is 0 Å². The lowest BCUT2D eigenvalue weighted by Crippen LogP contribution is -2.28. The molecule has 0 N–H and O–H groups in total. The summed E-state index contributed by atoms with van der Waals surface area (Å²) in [7, 11) is 0. The molecule has 0 atom stereocenters. The highest BCUT2D eigenvalue weighted by atomic mass is 15.2. The van der Waals surface area contributed by atoms with Gasteiger partial charge in [-0.3, -0.25) is 0 Å². The molecule has 0 fully saturated rings. The van der Waals surface area contributed by atoms with E-state index in [9.17, 15) is 0 Å². The minimum absolute atomic E-state index is 0.552. The van der Waals surface area contributed by atoms with Crippen LogP contribution in [-0.2, 0) is 5.41 Å². The molecule has 302 valence electrons. The molecule has 0 saturated heterocycles. The first kappa shape index (κ1) is 37.4. The summed E-state index contributed by atoms with van der Waals surface area (Å²) in [4.78, 5) is 7.20. The van der Waals surface area contributed by atoms with Crippen molar-refractivity contribution >= 4 is 51.2 Å². The van der Waals surface area contributed by atoms with E-state index >= 15 is 0 Å². The van der Waals surface area contributed by atoms with E-state index in [1.54, 1.807) is 0 Å². The second-order valence-corrected chi connectivity index (χ2v) is 16.5. The fourth-order valence-electron chi connectivity index (χ4n) is 10.5. The van der Waals surface area contributed by atoms with Crippen molar-refractivity contribution in [2.24, 2.45) is 0 Å². The minimum atomic E-state index is -0.552. The first-order chi connectivity index (χ1) is 31.8. The molecule has 10 aromatic rings. The van der Waals surface area contributed by atoms with E-state index in [1.807, 2.05) is 0 Å². The monoisotopic (exact) mass is 817 g/mol. The Bertz CT molecular complexity index is 3020. The highest BCUT2D eigenvalue weighted by Crippen LogP contribution is 2.65. The second kappa shape index (κ2) is 15.5. The Morgan fingerprint density at radius 1 is 0.219 bits per heavy atom. The van der Waals surface area contributed by atoms with Crippen LogP contribution in [-0.4, -0.2) is 0 Å². The molecule has 3 nitrogen and oxygen atoms in total. The molecule has 0 aliphatic heterocycles. The third-order valence-corrected chi connectivity index (χ3v) is 13.0. The van der Waals surface area contributed by atoms with Crippen LogP contribution in [0.25, 0.3) is 22.3 Å². The maximum Gasteiger partial charge on any atom is 0.0746 e. The zero-order chi connectivity index (χ0) is 42.5. The molecule has 0 unspecified atom stereocenters. The maximum atomic E-state index is 2.51. The first-order valence-corrected chi connectivity index (χ1v) is 22.0. The highest BCUT2D eigenvalue weighted by molar-refractivity contribution is 6.00. The molecule has 2 aliphatic carbocycles. The molecule has 64 heavy (non-hydrogen) atoms. The molecular formula is C61H43N3. The summed E-state index contributed by atoms with van der Waals surface area (Å²) in [6.07, 6.45) is 0. The molecule has 0 aromatic heterocycles. The fraction of sp³-hybridized carbons (Fsp3) is 0.0164. The molecule has 0 saturated carbocycles. The van der Waals surface area contributed by atoms with Gasteiger partial charge in [0.25, 0.3) is 0 Å². The van der Waals surface area contributed by atoms with Gasteiger partial charge in [-0.15, -0.1) is 0 Å². The van der Waals surface area contributed by atoms with Crippen molar-refractivity contribution in [1.82, 2.24) is 0 Å². The summed E-state index contributed by atoms with van der Waals surface area (Å²) in [5.41, 5.74) is 19.5. The molecule has 3 heteroatoms. The van der Waals surface area contributed by atoms with Gasteiger partial charge in [-0.2, -0.15) is 0 Å². The van der Waals surface area contributed by atoms with Crippen molar-refractivity contribution in [2.45, 2.75) is 5.41 Å². The van der Waals surface area contributed by atoms with Gasteiger partial charge in [0.1, 0.15) is 0 Å². The fourth-order valence-corrected chi connectivity index (χ4v) is 10.5. The van der Waals surface area contributed by atoms with Crippen molar-refractivity contribution in [1.29, 1.82) is 0 Å². The van der Waals surface area contributed by atoms with E-state index in [4.69, 9.17) is 0 Å². The topological polar surface area (TPSA) is 9.72 Å². The molecule has 12 rings (SSSR count). The summed E-state index contributed by atoms with van der Waals surface area (Å²) in [5, 5.41) is 0. The van der Waals surface area contributed by atoms with Gasteiger partial charge in [0, 0.05) is 51.1 Å². The van der Waals surface area contributed by atoms with Gasteiger partial charge in [0.05, 0.1) is 11.1 Å². The van der Waals surface area contributed by atoms with Gasteiger partial charge >= 0.3 is 0 Å². The second-order valence-electron chi connectivity index (χ2n) is 16.5. The van der Waals surface area contributed by atoms with Crippen LogP contribution in [0.1, 0.15) is 22.3 Å². The molecule has 1 spiro atoms. The van der Waals surface area contributed by atoms with Crippen LogP contribution >= 0.6 is 0 Å². The number of anilines is 9. The lowest BCUT2D eigenvalue weighted by molar-refractivity contribution is 0.793. The van der Waals surface area contributed by atoms with Crippen LogP contribution in [0.3, 0.4) is 0 Å². The average molecular weight is 818 g/mol. The van der Waals surface area contributed by atoms with Gasteiger partial charge in [-0.05, 0) is 130 Å². The van der Waals surface area contributed by atoms with Crippen LogP contribution in [0.5, 0.6) is 0 Å². The van der Waals surface area contributed by atoms with Gasteiger partial charge in [0.2, 0.25) is 0 Å². The Hall–Kier alpha value is -8.40. The summed E-state index contributed by atoms with van der Waals surface area (Å²) in [5.74, 6) is 0. The van der Waals surface area contributed by atoms with Crippen LogP contribution in [0, 0.1) is 0 Å². The number of hydrogen-bond donors (Lipinski definition) is 0. The first-order valence-electron chi connectivity index (χ1n) is 22.0. The lowest BCUT2D eigenvalue weighted by atomic mass is 9.70. The minimum Gasteiger partial charge on any atom is -0.310 e.